The van der Waals surface area contributed by atoms with Crippen molar-refractivity contribution in [1.82, 2.24) is 0 Å². The first-order valence-electron chi connectivity index (χ1n) is 5.16. The van der Waals surface area contributed by atoms with Crippen LogP contribution in [0, 0.1) is 5.82 Å². The fourth-order valence-electron chi connectivity index (χ4n) is 1.83. The number of rotatable bonds is 4. The molecule has 0 saturated heterocycles. The van der Waals surface area contributed by atoms with Crippen molar-refractivity contribution in [2.75, 3.05) is 13.7 Å². The van der Waals surface area contributed by atoms with E-state index in [4.69, 9.17) is 10.5 Å². The molecule has 1 aromatic rings. The average Bonchev–Trinajstić information content (AvgIpc) is 2.16. The number of nitrogens with two attached hydrogens (primary N) is 1. The minimum absolute atomic E-state index is 0.264. The Morgan fingerprint density at radius 3 is 2.53 bits per heavy atom. The summed E-state index contributed by atoms with van der Waals surface area (Å²) in [5, 5.41) is 0. The van der Waals surface area contributed by atoms with Crippen LogP contribution < -0.4 is 10.5 Å². The normalized spacial score (nSPS) is 10.8. The largest absolute Gasteiger partial charge is 0.496 e. The number of hydrogen-bond donors (Lipinski definition) is 1. The molecule has 2 nitrogen and oxygen atoms in total. The van der Waals surface area contributed by atoms with E-state index < -0.39 is 0 Å². The second-order valence-electron chi connectivity index (χ2n) is 3.87. The summed E-state index contributed by atoms with van der Waals surface area (Å²) >= 11 is 0. The Balaban J connectivity index is 3.26. The van der Waals surface area contributed by atoms with Crippen molar-refractivity contribution >= 4 is 0 Å². The maximum atomic E-state index is 13.3. The van der Waals surface area contributed by atoms with Crippen LogP contribution in [0.5, 0.6) is 5.75 Å². The molecule has 0 amide bonds. The molecule has 0 spiro atoms. The second-order valence-corrected chi connectivity index (χ2v) is 3.87. The van der Waals surface area contributed by atoms with Crippen molar-refractivity contribution in [3.63, 3.8) is 0 Å². The molecule has 0 bridgehead atoms. The fraction of sp³-hybridized carbons (Fsp3) is 0.500. The van der Waals surface area contributed by atoms with E-state index in [-0.39, 0.29) is 5.82 Å². The van der Waals surface area contributed by atoms with Gasteiger partial charge in [-0.15, -0.1) is 0 Å². The lowest BCUT2D eigenvalue weighted by Crippen LogP contribution is -2.08. The minimum atomic E-state index is -0.264. The van der Waals surface area contributed by atoms with Gasteiger partial charge >= 0.3 is 0 Å². The Kier molecular flexibility index (Phi) is 4.09. The van der Waals surface area contributed by atoms with Crippen LogP contribution in [0.25, 0.3) is 0 Å². The summed E-state index contributed by atoms with van der Waals surface area (Å²) < 4.78 is 18.5. The van der Waals surface area contributed by atoms with Crippen molar-refractivity contribution in [1.29, 1.82) is 0 Å². The van der Waals surface area contributed by atoms with E-state index in [9.17, 15) is 4.39 Å². The highest BCUT2D eigenvalue weighted by Crippen LogP contribution is 2.31. The Hall–Kier alpha value is -1.09. The van der Waals surface area contributed by atoms with E-state index in [1.807, 2.05) is 0 Å². The van der Waals surface area contributed by atoms with E-state index in [0.29, 0.717) is 24.6 Å². The molecule has 0 aliphatic rings. The van der Waals surface area contributed by atoms with E-state index in [2.05, 4.69) is 13.8 Å². The van der Waals surface area contributed by atoms with Gasteiger partial charge in [0, 0.05) is 11.6 Å². The standard InChI is InChI=1S/C12H18FNO/c1-8(2)12-9(4-5-14)6-10(13)7-11(12)15-3/h6-8H,4-5,14H2,1-3H3. The van der Waals surface area contributed by atoms with Crippen molar-refractivity contribution in [3.05, 3.63) is 29.1 Å². The predicted molar refractivity (Wildman–Crippen MR) is 59.8 cm³/mol. The van der Waals surface area contributed by atoms with Gasteiger partial charge < -0.3 is 10.5 Å². The highest BCUT2D eigenvalue weighted by molar-refractivity contribution is 5.43. The predicted octanol–water partition coefficient (Wildman–Crippen LogP) is 2.46. The number of hydrogen-bond acceptors (Lipinski definition) is 2. The Bertz CT molecular complexity index is 337. The van der Waals surface area contributed by atoms with Crippen LogP contribution in [0.1, 0.15) is 30.9 Å². The van der Waals surface area contributed by atoms with Crippen LogP contribution in [-0.2, 0) is 6.42 Å². The first kappa shape index (κ1) is 12.0. The monoisotopic (exact) mass is 211 g/mol. The zero-order valence-corrected chi connectivity index (χ0v) is 9.51. The smallest absolute Gasteiger partial charge is 0.127 e. The topological polar surface area (TPSA) is 35.2 Å². The van der Waals surface area contributed by atoms with Gasteiger partial charge in [0.2, 0.25) is 0 Å². The third kappa shape index (κ3) is 2.69. The minimum Gasteiger partial charge on any atom is -0.496 e. The summed E-state index contributed by atoms with van der Waals surface area (Å²) in [6.45, 7) is 4.65. The summed E-state index contributed by atoms with van der Waals surface area (Å²) in [7, 11) is 1.56. The molecule has 2 N–H and O–H groups in total. The van der Waals surface area contributed by atoms with E-state index in [0.717, 1.165) is 11.1 Å². The van der Waals surface area contributed by atoms with Gasteiger partial charge in [-0.2, -0.15) is 0 Å². The van der Waals surface area contributed by atoms with Crippen LogP contribution in [0.15, 0.2) is 12.1 Å². The lowest BCUT2D eigenvalue weighted by Gasteiger charge is -2.16. The SMILES string of the molecule is COc1cc(F)cc(CCN)c1C(C)C. The third-order valence-electron chi connectivity index (χ3n) is 2.40. The zero-order chi connectivity index (χ0) is 11.4. The van der Waals surface area contributed by atoms with Crippen LogP contribution in [-0.4, -0.2) is 13.7 Å². The molecule has 0 heterocycles. The van der Waals surface area contributed by atoms with Crippen LogP contribution in [0.4, 0.5) is 4.39 Å². The molecule has 0 aliphatic carbocycles. The van der Waals surface area contributed by atoms with E-state index in [1.54, 1.807) is 13.2 Å². The molecule has 0 atom stereocenters. The van der Waals surface area contributed by atoms with Gasteiger partial charge in [0.15, 0.2) is 0 Å². The Labute approximate surface area is 90.2 Å². The van der Waals surface area contributed by atoms with Crippen molar-refractivity contribution in [3.8, 4) is 5.75 Å². The highest BCUT2D eigenvalue weighted by Gasteiger charge is 2.14. The van der Waals surface area contributed by atoms with E-state index in [1.165, 1.54) is 6.07 Å². The quantitative estimate of drug-likeness (QED) is 0.830. The molecule has 15 heavy (non-hydrogen) atoms. The van der Waals surface area contributed by atoms with Crippen molar-refractivity contribution in [2.45, 2.75) is 26.2 Å². The summed E-state index contributed by atoms with van der Waals surface area (Å²) in [5.41, 5.74) is 7.52. The second kappa shape index (κ2) is 5.12. The molecule has 0 saturated carbocycles. The van der Waals surface area contributed by atoms with Crippen LogP contribution in [0.2, 0.25) is 0 Å². The van der Waals surface area contributed by atoms with Crippen LogP contribution in [0.3, 0.4) is 0 Å². The average molecular weight is 211 g/mol. The van der Waals surface area contributed by atoms with Gasteiger partial charge in [0.05, 0.1) is 7.11 Å². The first-order chi connectivity index (χ1) is 7.10. The number of halogens is 1. The van der Waals surface area contributed by atoms with Gasteiger partial charge in [0.1, 0.15) is 11.6 Å². The Morgan fingerprint density at radius 1 is 1.40 bits per heavy atom. The molecule has 84 valence electrons. The summed E-state index contributed by atoms with van der Waals surface area (Å²) in [5.74, 6) is 0.662. The lowest BCUT2D eigenvalue weighted by atomic mass is 9.94. The first-order valence-corrected chi connectivity index (χ1v) is 5.16. The fourth-order valence-corrected chi connectivity index (χ4v) is 1.83. The summed E-state index contributed by atoms with van der Waals surface area (Å²) in [4.78, 5) is 0. The number of methoxy groups -OCH3 is 1. The summed E-state index contributed by atoms with van der Waals surface area (Å²) in [6.07, 6.45) is 0.682. The van der Waals surface area contributed by atoms with Crippen LogP contribution >= 0.6 is 0 Å². The molecule has 0 aliphatic heterocycles. The van der Waals surface area contributed by atoms with Crippen molar-refractivity contribution < 1.29 is 9.13 Å². The molecule has 0 fully saturated rings. The lowest BCUT2D eigenvalue weighted by molar-refractivity contribution is 0.403. The maximum absolute atomic E-state index is 13.3. The Morgan fingerprint density at radius 2 is 2.07 bits per heavy atom. The molecular weight excluding hydrogens is 193 g/mol. The zero-order valence-electron chi connectivity index (χ0n) is 9.51. The summed E-state index contributed by atoms with van der Waals surface area (Å²) in [6, 6.07) is 2.97. The van der Waals surface area contributed by atoms with E-state index >= 15 is 0 Å². The molecule has 1 rings (SSSR count). The molecule has 0 unspecified atom stereocenters. The van der Waals surface area contributed by atoms with Gasteiger partial charge in [-0.1, -0.05) is 13.8 Å². The molecule has 0 radical (unpaired) electrons. The van der Waals surface area contributed by atoms with Gasteiger partial charge in [-0.05, 0) is 30.5 Å². The molecule has 0 aromatic heterocycles. The maximum Gasteiger partial charge on any atom is 0.127 e. The number of benzene rings is 1. The molecular formula is C12H18FNO. The molecule has 1 aromatic carbocycles. The van der Waals surface area contributed by atoms with Crippen molar-refractivity contribution in [2.24, 2.45) is 5.73 Å². The molecule has 3 heteroatoms. The van der Waals surface area contributed by atoms with Gasteiger partial charge in [-0.25, -0.2) is 4.39 Å². The third-order valence-corrected chi connectivity index (χ3v) is 2.40. The van der Waals surface area contributed by atoms with Gasteiger partial charge in [0.25, 0.3) is 0 Å². The number of ether oxygens (including phenoxy) is 1. The highest BCUT2D eigenvalue weighted by atomic mass is 19.1. The van der Waals surface area contributed by atoms with Gasteiger partial charge in [-0.3, -0.25) is 0 Å².